The van der Waals surface area contributed by atoms with Crippen molar-refractivity contribution in [3.63, 3.8) is 0 Å². The number of carboxylic acids is 1. The highest BCUT2D eigenvalue weighted by atomic mass is 19.1. The first-order chi connectivity index (χ1) is 11.0. The van der Waals surface area contributed by atoms with Gasteiger partial charge in [-0.3, -0.25) is 9.59 Å². The summed E-state index contributed by atoms with van der Waals surface area (Å²) in [6.07, 6.45) is 5.43. The molecule has 1 heterocycles. The van der Waals surface area contributed by atoms with Crippen molar-refractivity contribution in [2.24, 2.45) is 0 Å². The molecule has 6 heteroatoms. The zero-order valence-corrected chi connectivity index (χ0v) is 12.3. The van der Waals surface area contributed by atoms with Crippen LogP contribution in [-0.4, -0.2) is 20.6 Å². The van der Waals surface area contributed by atoms with Gasteiger partial charge in [-0.15, -0.1) is 0 Å². The lowest BCUT2D eigenvalue weighted by Gasteiger charge is -2.13. The van der Waals surface area contributed by atoms with E-state index in [4.69, 9.17) is 5.11 Å². The molecule has 0 bridgehead atoms. The van der Waals surface area contributed by atoms with E-state index in [1.165, 1.54) is 12.1 Å². The fraction of sp³-hybridized carbons (Fsp3) is 0.235. The maximum Gasteiger partial charge on any atom is 0.323 e. The van der Waals surface area contributed by atoms with Crippen molar-refractivity contribution < 1.29 is 14.3 Å². The van der Waals surface area contributed by atoms with Gasteiger partial charge in [0.15, 0.2) is 0 Å². The third kappa shape index (κ3) is 3.21. The molecule has 0 amide bonds. The second kappa shape index (κ2) is 6.16. The molecule has 0 saturated carbocycles. The van der Waals surface area contributed by atoms with Crippen molar-refractivity contribution in [3.8, 4) is 0 Å². The second-order valence-electron chi connectivity index (χ2n) is 5.42. The van der Waals surface area contributed by atoms with E-state index in [1.807, 2.05) is 0 Å². The molecule has 1 aromatic carbocycles. The van der Waals surface area contributed by atoms with Gasteiger partial charge in [-0.05, 0) is 43.0 Å². The number of nitrogens with zero attached hydrogens (tertiary/aromatic N) is 2. The summed E-state index contributed by atoms with van der Waals surface area (Å²) < 4.78 is 14.5. The molecule has 2 aromatic rings. The summed E-state index contributed by atoms with van der Waals surface area (Å²) in [5.41, 5.74) is 1.82. The van der Waals surface area contributed by atoms with Crippen LogP contribution in [0.2, 0.25) is 0 Å². The van der Waals surface area contributed by atoms with Crippen molar-refractivity contribution in [2.45, 2.75) is 25.8 Å². The maximum atomic E-state index is 12.9. The Morgan fingerprint density at radius 2 is 2.00 bits per heavy atom. The molecule has 0 radical (unpaired) electrons. The molecule has 0 atom stereocenters. The number of fused-ring (bicyclic) bond motifs is 1. The molecule has 1 aliphatic carbocycles. The van der Waals surface area contributed by atoms with Crippen LogP contribution in [0.15, 0.2) is 29.1 Å². The van der Waals surface area contributed by atoms with Gasteiger partial charge >= 0.3 is 5.97 Å². The maximum absolute atomic E-state index is 12.9. The van der Waals surface area contributed by atoms with Crippen molar-refractivity contribution >= 4 is 18.1 Å². The summed E-state index contributed by atoms with van der Waals surface area (Å²) in [7, 11) is 0. The summed E-state index contributed by atoms with van der Waals surface area (Å²) in [6.45, 7) is -0.237. The van der Waals surface area contributed by atoms with Crippen LogP contribution in [0.5, 0.6) is 0 Å². The molecule has 0 spiro atoms. The molecule has 118 valence electrons. The number of hydrogen-bond acceptors (Lipinski definition) is 3. The molecule has 0 saturated heterocycles. The van der Waals surface area contributed by atoms with E-state index in [-0.39, 0.29) is 17.9 Å². The summed E-state index contributed by atoms with van der Waals surface area (Å²) in [5.74, 6) is -1.01. The Labute approximate surface area is 131 Å². The van der Waals surface area contributed by atoms with Gasteiger partial charge in [0.2, 0.25) is 0 Å². The van der Waals surface area contributed by atoms with Gasteiger partial charge < -0.3 is 9.67 Å². The Hall–Kier alpha value is -2.76. The van der Waals surface area contributed by atoms with Crippen molar-refractivity contribution in [3.05, 3.63) is 63.1 Å². The van der Waals surface area contributed by atoms with Gasteiger partial charge in [-0.2, -0.15) is 4.98 Å². The molecule has 1 aromatic heterocycles. The zero-order valence-electron chi connectivity index (χ0n) is 12.3. The number of halogens is 1. The summed E-state index contributed by atoms with van der Waals surface area (Å²) in [5, 5.41) is 9.12. The number of carbonyl (C=O) groups is 1. The van der Waals surface area contributed by atoms with E-state index in [0.717, 1.165) is 17.7 Å². The molecule has 3 rings (SSSR count). The van der Waals surface area contributed by atoms with Gasteiger partial charge in [0.25, 0.3) is 5.56 Å². The predicted octanol–water partition coefficient (Wildman–Crippen LogP) is 2.13. The van der Waals surface area contributed by atoms with Gasteiger partial charge in [-0.25, -0.2) is 4.39 Å². The summed E-state index contributed by atoms with van der Waals surface area (Å²) >= 11 is 0. The lowest BCUT2D eigenvalue weighted by molar-refractivity contribution is -0.137. The van der Waals surface area contributed by atoms with E-state index in [9.17, 15) is 14.0 Å². The molecule has 23 heavy (non-hydrogen) atoms. The molecule has 0 unspecified atom stereocenters. The van der Waals surface area contributed by atoms with E-state index in [1.54, 1.807) is 28.9 Å². The number of aromatic nitrogens is 2. The van der Waals surface area contributed by atoms with Crippen molar-refractivity contribution in [1.29, 1.82) is 0 Å². The predicted molar refractivity (Wildman–Crippen MR) is 83.5 cm³/mol. The van der Waals surface area contributed by atoms with Crippen molar-refractivity contribution in [1.82, 2.24) is 9.55 Å². The Bertz CT molecular complexity index is 838. The van der Waals surface area contributed by atoms with Crippen molar-refractivity contribution in [2.75, 3.05) is 0 Å². The minimum atomic E-state index is -0.985. The zero-order chi connectivity index (χ0) is 16.4. The minimum Gasteiger partial charge on any atom is -0.480 e. The number of rotatable bonds is 4. The number of benzene rings is 1. The molecule has 1 aliphatic rings. The number of hydrogen-bond donors (Lipinski definition) is 1. The Balaban J connectivity index is 2.04. The number of aliphatic carboxylic acids is 1. The van der Waals surface area contributed by atoms with Crippen LogP contribution in [0.3, 0.4) is 0 Å². The molecule has 5 nitrogen and oxygen atoms in total. The van der Waals surface area contributed by atoms with Gasteiger partial charge in [0.1, 0.15) is 18.2 Å². The first kappa shape index (κ1) is 15.1. The average Bonchev–Trinajstić information content (AvgIpc) is 3.00. The third-order valence-corrected chi connectivity index (χ3v) is 3.85. The fourth-order valence-electron chi connectivity index (χ4n) is 2.81. The summed E-state index contributed by atoms with van der Waals surface area (Å²) in [4.78, 5) is 27.2. The van der Waals surface area contributed by atoms with Gasteiger partial charge in [0, 0.05) is 11.3 Å². The van der Waals surface area contributed by atoms with E-state index in [2.05, 4.69) is 4.98 Å². The minimum absolute atomic E-state index is 0.237. The quantitative estimate of drug-likeness (QED) is 0.938. The van der Waals surface area contributed by atoms with Crippen LogP contribution in [-0.2, 0) is 24.2 Å². The van der Waals surface area contributed by atoms with E-state index < -0.39 is 5.97 Å². The van der Waals surface area contributed by atoms with Crippen LogP contribution in [0.4, 0.5) is 4.39 Å². The molecular formula is C17H15FN2O3. The third-order valence-electron chi connectivity index (χ3n) is 3.85. The first-order valence-electron chi connectivity index (χ1n) is 7.32. The first-order valence-corrected chi connectivity index (χ1v) is 7.32. The van der Waals surface area contributed by atoms with Gasteiger partial charge in [-0.1, -0.05) is 18.2 Å². The van der Waals surface area contributed by atoms with E-state index in [0.29, 0.717) is 24.2 Å². The average molecular weight is 314 g/mol. The Kier molecular flexibility index (Phi) is 4.06. The second-order valence-corrected chi connectivity index (χ2v) is 5.42. The highest BCUT2D eigenvalue weighted by molar-refractivity contribution is 5.70. The SMILES string of the molecule is O=C(O)Cn1c(C=Cc2ccc(F)cc2)nc(=O)c2c1CCC2. The van der Waals surface area contributed by atoms with Crippen LogP contribution in [0.1, 0.15) is 29.1 Å². The topological polar surface area (TPSA) is 72.2 Å². The fourth-order valence-corrected chi connectivity index (χ4v) is 2.81. The molecular weight excluding hydrogens is 299 g/mol. The monoisotopic (exact) mass is 314 g/mol. The highest BCUT2D eigenvalue weighted by Crippen LogP contribution is 2.20. The Morgan fingerprint density at radius 1 is 1.26 bits per heavy atom. The van der Waals surface area contributed by atoms with Gasteiger partial charge in [0.05, 0.1) is 0 Å². The normalized spacial score (nSPS) is 13.4. The summed E-state index contributed by atoms with van der Waals surface area (Å²) in [6, 6.07) is 5.86. The standard InChI is InChI=1S/C17H15FN2O3/c18-12-7-4-11(5-8-12)6-9-15-19-17(23)13-2-1-3-14(13)20(15)10-16(21)22/h4-9H,1-3,10H2,(H,21,22). The van der Waals surface area contributed by atoms with Crippen LogP contribution >= 0.6 is 0 Å². The molecule has 1 N–H and O–H groups in total. The lowest BCUT2D eigenvalue weighted by atomic mass is 10.2. The Morgan fingerprint density at radius 3 is 2.70 bits per heavy atom. The highest BCUT2D eigenvalue weighted by Gasteiger charge is 2.21. The largest absolute Gasteiger partial charge is 0.480 e. The molecule has 0 aliphatic heterocycles. The number of carboxylic acid groups (broad SMARTS) is 1. The molecule has 0 fully saturated rings. The van der Waals surface area contributed by atoms with Crippen LogP contribution < -0.4 is 5.56 Å². The lowest BCUT2D eigenvalue weighted by Crippen LogP contribution is -2.24. The smallest absolute Gasteiger partial charge is 0.323 e. The van der Waals surface area contributed by atoms with Crippen LogP contribution in [0.25, 0.3) is 12.2 Å². The van der Waals surface area contributed by atoms with Crippen LogP contribution in [0, 0.1) is 5.82 Å². The van der Waals surface area contributed by atoms with E-state index >= 15 is 0 Å².